The molecule has 1 aromatic heterocycles. The normalized spacial score (nSPS) is 10.7. The van der Waals surface area contributed by atoms with Crippen LogP contribution in [0.1, 0.15) is 18.3 Å². The van der Waals surface area contributed by atoms with Gasteiger partial charge < -0.3 is 5.73 Å². The quantitative estimate of drug-likeness (QED) is 0.684. The summed E-state index contributed by atoms with van der Waals surface area (Å²) in [5.74, 6) is 1.03. The summed E-state index contributed by atoms with van der Waals surface area (Å²) in [5, 5.41) is 0. The van der Waals surface area contributed by atoms with E-state index >= 15 is 0 Å². The lowest BCUT2D eigenvalue weighted by Crippen LogP contribution is -1.94. The highest BCUT2D eigenvalue weighted by Crippen LogP contribution is 2.27. The maximum atomic E-state index is 13.6. The van der Waals surface area contributed by atoms with Crippen molar-refractivity contribution in [2.24, 2.45) is 0 Å². The van der Waals surface area contributed by atoms with Crippen molar-refractivity contribution in [3.63, 3.8) is 0 Å². The Bertz CT molecular complexity index is 513. The Balaban J connectivity index is 2.04. The Hall–Kier alpha value is -1.14. The number of anilines is 1. The standard InChI is InChI=1S/C11H12FN3S2/c1-2-9-14-11(17-15-9)16-6-7-4-3-5-8(13)10(7)12/h3-5H,2,6,13H2,1H3. The minimum absolute atomic E-state index is 0.189. The zero-order valence-corrected chi connectivity index (χ0v) is 10.9. The fourth-order valence-electron chi connectivity index (χ4n) is 1.29. The van der Waals surface area contributed by atoms with Crippen molar-refractivity contribution < 1.29 is 4.39 Å². The molecule has 6 heteroatoms. The van der Waals surface area contributed by atoms with Crippen LogP contribution >= 0.6 is 23.3 Å². The SMILES string of the molecule is CCc1nsc(SCc2cccc(N)c2F)n1. The largest absolute Gasteiger partial charge is 0.396 e. The molecule has 0 amide bonds. The van der Waals surface area contributed by atoms with Gasteiger partial charge in [0, 0.05) is 17.7 Å². The van der Waals surface area contributed by atoms with Crippen molar-refractivity contribution in [2.75, 3.05) is 5.73 Å². The van der Waals surface area contributed by atoms with E-state index in [2.05, 4.69) is 9.36 Å². The molecule has 0 saturated heterocycles. The van der Waals surface area contributed by atoms with Gasteiger partial charge in [0.2, 0.25) is 0 Å². The van der Waals surface area contributed by atoms with Crippen molar-refractivity contribution in [3.8, 4) is 0 Å². The molecular formula is C11H12FN3S2. The van der Waals surface area contributed by atoms with Crippen LogP contribution in [0.15, 0.2) is 22.5 Å². The summed E-state index contributed by atoms with van der Waals surface area (Å²) in [4.78, 5) is 4.31. The number of nitrogen functional groups attached to an aromatic ring is 1. The van der Waals surface area contributed by atoms with Gasteiger partial charge in [-0.2, -0.15) is 4.37 Å². The predicted molar refractivity (Wildman–Crippen MR) is 69.7 cm³/mol. The molecule has 17 heavy (non-hydrogen) atoms. The Morgan fingerprint density at radius 2 is 2.29 bits per heavy atom. The Kier molecular flexibility index (Phi) is 3.96. The molecule has 2 N–H and O–H groups in total. The van der Waals surface area contributed by atoms with Gasteiger partial charge in [-0.15, -0.1) is 0 Å². The van der Waals surface area contributed by atoms with E-state index in [1.54, 1.807) is 18.2 Å². The molecular weight excluding hydrogens is 257 g/mol. The molecule has 0 unspecified atom stereocenters. The third-order valence-electron chi connectivity index (χ3n) is 2.23. The van der Waals surface area contributed by atoms with Gasteiger partial charge in [-0.3, -0.25) is 0 Å². The number of thioether (sulfide) groups is 1. The summed E-state index contributed by atoms with van der Waals surface area (Å²) in [6.07, 6.45) is 0.823. The second-order valence-electron chi connectivity index (χ2n) is 3.44. The summed E-state index contributed by atoms with van der Waals surface area (Å²) in [6, 6.07) is 5.05. The van der Waals surface area contributed by atoms with Gasteiger partial charge in [0.1, 0.15) is 11.6 Å². The molecule has 0 radical (unpaired) electrons. The summed E-state index contributed by atoms with van der Waals surface area (Å²) >= 11 is 2.83. The molecule has 2 rings (SSSR count). The zero-order valence-electron chi connectivity index (χ0n) is 9.31. The van der Waals surface area contributed by atoms with Crippen molar-refractivity contribution >= 4 is 29.0 Å². The van der Waals surface area contributed by atoms with E-state index in [0.29, 0.717) is 11.3 Å². The van der Waals surface area contributed by atoms with E-state index in [9.17, 15) is 4.39 Å². The van der Waals surface area contributed by atoms with Crippen molar-refractivity contribution in [3.05, 3.63) is 35.4 Å². The fourth-order valence-corrected chi connectivity index (χ4v) is 2.96. The third kappa shape index (κ3) is 2.95. The number of nitrogens with zero attached hydrogens (tertiary/aromatic N) is 2. The van der Waals surface area contributed by atoms with Gasteiger partial charge in [0.25, 0.3) is 0 Å². The number of aryl methyl sites for hydroxylation is 1. The lowest BCUT2D eigenvalue weighted by molar-refractivity contribution is 0.622. The molecule has 0 aliphatic rings. The van der Waals surface area contributed by atoms with Crippen molar-refractivity contribution in [1.29, 1.82) is 0 Å². The van der Waals surface area contributed by atoms with Crippen LogP contribution in [0.5, 0.6) is 0 Å². The molecule has 0 atom stereocenters. The first-order valence-corrected chi connectivity index (χ1v) is 6.95. The molecule has 0 aliphatic carbocycles. The molecule has 1 aromatic carbocycles. The monoisotopic (exact) mass is 269 g/mol. The number of halogens is 1. The molecule has 0 aliphatic heterocycles. The van der Waals surface area contributed by atoms with E-state index in [1.807, 2.05) is 6.92 Å². The van der Waals surface area contributed by atoms with Crippen molar-refractivity contribution in [1.82, 2.24) is 9.36 Å². The highest BCUT2D eigenvalue weighted by molar-refractivity contribution is 8.00. The van der Waals surface area contributed by atoms with Crippen LogP contribution in [-0.2, 0) is 12.2 Å². The maximum absolute atomic E-state index is 13.6. The molecule has 0 bridgehead atoms. The molecule has 0 fully saturated rings. The van der Waals surface area contributed by atoms with E-state index in [0.717, 1.165) is 16.6 Å². The number of nitrogens with two attached hydrogens (primary N) is 1. The molecule has 90 valence electrons. The lowest BCUT2D eigenvalue weighted by atomic mass is 10.2. The zero-order chi connectivity index (χ0) is 12.3. The van der Waals surface area contributed by atoms with E-state index in [-0.39, 0.29) is 11.5 Å². The van der Waals surface area contributed by atoms with E-state index in [4.69, 9.17) is 5.73 Å². The first-order chi connectivity index (χ1) is 8.20. The van der Waals surface area contributed by atoms with Gasteiger partial charge in [0.05, 0.1) is 5.69 Å². The average molecular weight is 269 g/mol. The predicted octanol–water partition coefficient (Wildman–Crippen LogP) is 3.11. The maximum Gasteiger partial charge on any atom is 0.170 e. The van der Waals surface area contributed by atoms with Crippen LogP contribution in [-0.4, -0.2) is 9.36 Å². The second kappa shape index (κ2) is 5.46. The number of aromatic nitrogens is 2. The number of hydrogen-bond acceptors (Lipinski definition) is 5. The van der Waals surface area contributed by atoms with Gasteiger partial charge in [-0.25, -0.2) is 9.37 Å². The number of benzene rings is 1. The topological polar surface area (TPSA) is 51.8 Å². The summed E-state index contributed by atoms with van der Waals surface area (Å²) < 4.78 is 18.6. The number of rotatable bonds is 4. The minimum atomic E-state index is -0.333. The van der Waals surface area contributed by atoms with Crippen molar-refractivity contribution in [2.45, 2.75) is 23.4 Å². The Labute approximate surface area is 107 Å². The average Bonchev–Trinajstić information content (AvgIpc) is 2.79. The van der Waals surface area contributed by atoms with Crippen LogP contribution in [0.2, 0.25) is 0 Å². The molecule has 1 heterocycles. The highest BCUT2D eigenvalue weighted by atomic mass is 32.2. The van der Waals surface area contributed by atoms with Crippen LogP contribution in [0.25, 0.3) is 0 Å². The highest BCUT2D eigenvalue weighted by Gasteiger charge is 2.08. The van der Waals surface area contributed by atoms with Crippen LogP contribution in [0.3, 0.4) is 0 Å². The van der Waals surface area contributed by atoms with Gasteiger partial charge in [-0.1, -0.05) is 30.8 Å². The second-order valence-corrected chi connectivity index (χ2v) is 5.41. The van der Waals surface area contributed by atoms with Crippen LogP contribution in [0, 0.1) is 5.82 Å². The molecule has 0 saturated carbocycles. The van der Waals surface area contributed by atoms with Crippen LogP contribution < -0.4 is 5.73 Å². The molecule has 2 aromatic rings. The van der Waals surface area contributed by atoms with E-state index in [1.165, 1.54) is 23.3 Å². The van der Waals surface area contributed by atoms with Crippen LogP contribution in [0.4, 0.5) is 10.1 Å². The first-order valence-electron chi connectivity index (χ1n) is 5.19. The first kappa shape index (κ1) is 12.3. The van der Waals surface area contributed by atoms with Gasteiger partial charge in [0.15, 0.2) is 4.34 Å². The summed E-state index contributed by atoms with van der Waals surface area (Å²) in [6.45, 7) is 2.01. The van der Waals surface area contributed by atoms with Gasteiger partial charge in [-0.05, 0) is 17.6 Å². The third-order valence-corrected chi connectivity index (χ3v) is 4.15. The smallest absolute Gasteiger partial charge is 0.170 e. The fraction of sp³-hybridized carbons (Fsp3) is 0.273. The molecule has 0 spiro atoms. The minimum Gasteiger partial charge on any atom is -0.396 e. The Morgan fingerprint density at radius 1 is 1.47 bits per heavy atom. The summed E-state index contributed by atoms with van der Waals surface area (Å²) in [5.41, 5.74) is 6.30. The van der Waals surface area contributed by atoms with Gasteiger partial charge >= 0.3 is 0 Å². The Morgan fingerprint density at radius 3 is 3.00 bits per heavy atom. The van der Waals surface area contributed by atoms with E-state index < -0.39 is 0 Å². The lowest BCUT2D eigenvalue weighted by Gasteiger charge is -2.03. The molecule has 3 nitrogen and oxygen atoms in total. The summed E-state index contributed by atoms with van der Waals surface area (Å²) in [7, 11) is 0. The number of hydrogen-bond donors (Lipinski definition) is 1.